The molecule has 2 aromatic carbocycles. The quantitative estimate of drug-likeness (QED) is 0.460. The molecule has 0 saturated heterocycles. The number of para-hydroxylation sites is 2. The fraction of sp³-hybridized carbons (Fsp3) is 0.227. The van der Waals surface area contributed by atoms with E-state index >= 15 is 0 Å². The van der Waals surface area contributed by atoms with Crippen LogP contribution in [-0.4, -0.2) is 40.3 Å². The molecule has 0 aliphatic rings. The zero-order valence-corrected chi connectivity index (χ0v) is 17.2. The van der Waals surface area contributed by atoms with Gasteiger partial charge in [-0.3, -0.25) is 4.57 Å². The van der Waals surface area contributed by atoms with Gasteiger partial charge in [0.05, 0.1) is 23.2 Å². The first-order chi connectivity index (χ1) is 15.2. The second kappa shape index (κ2) is 8.12. The Morgan fingerprint density at radius 3 is 2.47 bits per heavy atom. The van der Waals surface area contributed by atoms with Crippen molar-refractivity contribution in [3.8, 4) is 5.69 Å². The minimum absolute atomic E-state index is 0.0707. The molecule has 2 N–H and O–H groups in total. The highest BCUT2D eigenvalue weighted by Crippen LogP contribution is 2.35. The van der Waals surface area contributed by atoms with Gasteiger partial charge in [-0.1, -0.05) is 18.2 Å². The van der Waals surface area contributed by atoms with Gasteiger partial charge in [-0.15, -0.1) is 0 Å². The second-order valence-electron chi connectivity index (χ2n) is 7.20. The maximum atomic E-state index is 13.3. The molecule has 7 nitrogen and oxygen atoms in total. The number of fused-ring (bicyclic) bond motifs is 2. The molecule has 0 aliphatic heterocycles. The number of carbonyl (C=O) groups is 1. The summed E-state index contributed by atoms with van der Waals surface area (Å²) in [4.78, 5) is 22.0. The third-order valence-electron chi connectivity index (χ3n) is 4.84. The van der Waals surface area contributed by atoms with E-state index in [0.29, 0.717) is 11.0 Å². The molecule has 4 rings (SSSR count). The van der Waals surface area contributed by atoms with Gasteiger partial charge in [-0.25, -0.2) is 14.8 Å². The van der Waals surface area contributed by atoms with Crippen LogP contribution in [0, 0.1) is 0 Å². The molecule has 0 saturated carbocycles. The number of nitrogens with zero attached hydrogens (tertiary/aromatic N) is 3. The predicted molar refractivity (Wildman–Crippen MR) is 113 cm³/mol. The molecule has 0 amide bonds. The van der Waals surface area contributed by atoms with Crippen LogP contribution in [-0.2, 0) is 15.7 Å². The molecule has 0 fully saturated rings. The van der Waals surface area contributed by atoms with Crippen molar-refractivity contribution in [2.24, 2.45) is 0 Å². The van der Waals surface area contributed by atoms with E-state index in [0.717, 1.165) is 12.1 Å². The summed E-state index contributed by atoms with van der Waals surface area (Å²) < 4.78 is 51.6. The number of rotatable bonds is 5. The van der Waals surface area contributed by atoms with Crippen LogP contribution >= 0.6 is 0 Å². The molecule has 2 aromatic heterocycles. The number of anilines is 1. The predicted octanol–water partition coefficient (Wildman–Crippen LogP) is 4.37. The van der Waals surface area contributed by atoms with Gasteiger partial charge in [0.15, 0.2) is 5.65 Å². The number of ether oxygens (including phenoxy) is 2. The summed E-state index contributed by atoms with van der Waals surface area (Å²) in [5, 5.41) is 0. The Labute approximate surface area is 180 Å². The van der Waals surface area contributed by atoms with Gasteiger partial charge in [0.1, 0.15) is 23.0 Å². The summed E-state index contributed by atoms with van der Waals surface area (Å²) in [5.41, 5.74) is 6.73. The lowest BCUT2D eigenvalue weighted by molar-refractivity contribution is -0.137. The first kappa shape index (κ1) is 21.6. The number of aromatic nitrogens is 3. The Morgan fingerprint density at radius 2 is 1.81 bits per heavy atom. The minimum Gasteiger partial charge on any atom is -0.456 e. The minimum atomic E-state index is -4.55. The molecule has 10 heteroatoms. The van der Waals surface area contributed by atoms with Crippen molar-refractivity contribution in [1.82, 2.24) is 14.5 Å². The average molecular weight is 444 g/mol. The molecule has 0 radical (unpaired) electrons. The topological polar surface area (TPSA) is 92.3 Å². The SMILES string of the molecule is COC[C@H](C)OC(=O)c1c(N)n(-c2cccc(C(F)(F)F)c2)c2nc3ccccc3nc12. The monoisotopic (exact) mass is 444 g/mol. The molecule has 166 valence electrons. The zero-order valence-electron chi connectivity index (χ0n) is 17.2. The Morgan fingerprint density at radius 1 is 1.12 bits per heavy atom. The summed E-state index contributed by atoms with van der Waals surface area (Å²) >= 11 is 0. The number of benzene rings is 2. The van der Waals surface area contributed by atoms with E-state index in [2.05, 4.69) is 9.97 Å². The summed E-state index contributed by atoms with van der Waals surface area (Å²) in [6, 6.07) is 11.5. The maximum Gasteiger partial charge on any atom is 0.416 e. The normalized spacial score (nSPS) is 12.9. The molecular weight excluding hydrogens is 425 g/mol. The zero-order chi connectivity index (χ0) is 23.0. The lowest BCUT2D eigenvalue weighted by Crippen LogP contribution is -2.20. The molecule has 0 spiro atoms. The third kappa shape index (κ3) is 3.84. The average Bonchev–Trinajstić information content (AvgIpc) is 3.02. The van der Waals surface area contributed by atoms with Gasteiger partial charge < -0.3 is 15.2 Å². The lowest BCUT2D eigenvalue weighted by atomic mass is 10.2. The molecule has 32 heavy (non-hydrogen) atoms. The van der Waals surface area contributed by atoms with Gasteiger partial charge in [0, 0.05) is 12.8 Å². The van der Waals surface area contributed by atoms with Crippen molar-refractivity contribution in [1.29, 1.82) is 0 Å². The Kier molecular flexibility index (Phi) is 5.47. The Bertz CT molecular complexity index is 1320. The highest BCUT2D eigenvalue weighted by molar-refractivity contribution is 6.09. The van der Waals surface area contributed by atoms with Crippen molar-refractivity contribution < 1.29 is 27.4 Å². The van der Waals surface area contributed by atoms with Crippen LogP contribution < -0.4 is 5.73 Å². The van der Waals surface area contributed by atoms with Gasteiger partial charge in [-0.05, 0) is 37.3 Å². The smallest absolute Gasteiger partial charge is 0.416 e. The first-order valence-corrected chi connectivity index (χ1v) is 9.65. The molecule has 2 heterocycles. The number of methoxy groups -OCH3 is 1. The lowest BCUT2D eigenvalue weighted by Gasteiger charge is -2.13. The molecular formula is C22H19F3N4O3. The van der Waals surface area contributed by atoms with E-state index in [4.69, 9.17) is 15.2 Å². The molecule has 0 aliphatic carbocycles. The van der Waals surface area contributed by atoms with Gasteiger partial charge >= 0.3 is 12.1 Å². The van der Waals surface area contributed by atoms with E-state index in [1.165, 1.54) is 23.8 Å². The Balaban J connectivity index is 1.98. The second-order valence-corrected chi connectivity index (χ2v) is 7.20. The number of hydrogen-bond donors (Lipinski definition) is 1. The molecule has 1 atom stereocenters. The van der Waals surface area contributed by atoms with E-state index in [-0.39, 0.29) is 34.8 Å². The largest absolute Gasteiger partial charge is 0.456 e. The number of halogens is 3. The van der Waals surface area contributed by atoms with E-state index in [1.54, 1.807) is 31.2 Å². The van der Waals surface area contributed by atoms with Gasteiger partial charge in [0.2, 0.25) is 0 Å². The van der Waals surface area contributed by atoms with Crippen LogP contribution in [0.5, 0.6) is 0 Å². The third-order valence-corrected chi connectivity index (χ3v) is 4.84. The molecule has 0 unspecified atom stereocenters. The van der Waals surface area contributed by atoms with E-state index in [9.17, 15) is 18.0 Å². The van der Waals surface area contributed by atoms with Crippen LogP contribution in [0.4, 0.5) is 19.0 Å². The van der Waals surface area contributed by atoms with Crippen LogP contribution in [0.1, 0.15) is 22.8 Å². The van der Waals surface area contributed by atoms with Crippen molar-refractivity contribution >= 4 is 34.0 Å². The fourth-order valence-electron chi connectivity index (χ4n) is 3.46. The number of esters is 1. The van der Waals surface area contributed by atoms with Crippen molar-refractivity contribution in [3.63, 3.8) is 0 Å². The maximum absolute atomic E-state index is 13.3. The summed E-state index contributed by atoms with van der Waals surface area (Å²) in [7, 11) is 1.47. The standard InChI is InChI=1S/C22H19F3N4O3/c1-12(11-31-2)32-21(30)17-18-20(28-16-9-4-3-8-15(16)27-18)29(19(17)26)14-7-5-6-13(10-14)22(23,24)25/h3-10,12H,11,26H2,1-2H3/t12-/m0/s1. The summed E-state index contributed by atoms with van der Waals surface area (Å²) in [5.74, 6) is -0.892. The first-order valence-electron chi connectivity index (χ1n) is 9.65. The molecule has 4 aromatic rings. The number of nitrogens with two attached hydrogens (primary N) is 1. The summed E-state index contributed by atoms with van der Waals surface area (Å²) in [6.07, 6.45) is -5.13. The van der Waals surface area contributed by atoms with Gasteiger partial charge in [0.25, 0.3) is 0 Å². The number of alkyl halides is 3. The number of carbonyl (C=O) groups excluding carboxylic acids is 1. The van der Waals surface area contributed by atoms with Crippen LogP contribution in [0.15, 0.2) is 48.5 Å². The Hall–Kier alpha value is -3.66. The van der Waals surface area contributed by atoms with E-state index < -0.39 is 23.8 Å². The number of nitrogen functional groups attached to an aromatic ring is 1. The van der Waals surface area contributed by atoms with Crippen LogP contribution in [0.2, 0.25) is 0 Å². The van der Waals surface area contributed by atoms with Crippen molar-refractivity contribution in [2.75, 3.05) is 19.5 Å². The molecule has 0 bridgehead atoms. The van der Waals surface area contributed by atoms with Crippen LogP contribution in [0.25, 0.3) is 27.9 Å². The van der Waals surface area contributed by atoms with Crippen molar-refractivity contribution in [3.05, 3.63) is 59.7 Å². The van der Waals surface area contributed by atoms with Crippen LogP contribution in [0.3, 0.4) is 0 Å². The summed E-state index contributed by atoms with van der Waals surface area (Å²) in [6.45, 7) is 1.80. The van der Waals surface area contributed by atoms with Gasteiger partial charge in [-0.2, -0.15) is 13.2 Å². The highest BCUT2D eigenvalue weighted by Gasteiger charge is 2.32. The van der Waals surface area contributed by atoms with Crippen molar-refractivity contribution in [2.45, 2.75) is 19.2 Å². The number of hydrogen-bond acceptors (Lipinski definition) is 6. The highest BCUT2D eigenvalue weighted by atomic mass is 19.4. The van der Waals surface area contributed by atoms with E-state index in [1.807, 2.05) is 0 Å². The fourth-order valence-corrected chi connectivity index (χ4v) is 3.46.